The van der Waals surface area contributed by atoms with Crippen molar-refractivity contribution in [2.45, 2.75) is 0 Å². The summed E-state index contributed by atoms with van der Waals surface area (Å²) in [5.74, 6) is 5.33. The van der Waals surface area contributed by atoms with Gasteiger partial charge in [-0.25, -0.2) is 0 Å². The van der Waals surface area contributed by atoms with Gasteiger partial charge in [0.15, 0.2) is 0 Å². The van der Waals surface area contributed by atoms with Crippen molar-refractivity contribution in [2.75, 3.05) is 6.54 Å². The lowest BCUT2D eigenvalue weighted by Crippen LogP contribution is -1.76. The van der Waals surface area contributed by atoms with Gasteiger partial charge >= 0.3 is 0 Å². The highest BCUT2D eigenvalue weighted by atomic mass is 35.5. The van der Waals surface area contributed by atoms with Gasteiger partial charge in [0.1, 0.15) is 5.75 Å². The van der Waals surface area contributed by atoms with Crippen LogP contribution in [-0.2, 0) is 0 Å². The molecule has 0 aliphatic rings. The average Bonchev–Trinajstić information content (AvgIpc) is 2.18. The van der Waals surface area contributed by atoms with E-state index >= 15 is 0 Å². The van der Waals surface area contributed by atoms with Gasteiger partial charge in [-0.15, -0.1) is 0 Å². The average molecular weight is 208 g/mol. The second kappa shape index (κ2) is 5.03. The molecule has 0 atom stereocenters. The number of azide groups is 1. The number of benzene rings is 1. The smallest absolute Gasteiger partial charge is 0.135 e. The molecule has 0 amide bonds. The van der Waals surface area contributed by atoms with Gasteiger partial charge in [-0.05, 0) is 23.7 Å². The number of phenolic OH excluding ortho intramolecular Hbond substituents is 1. The summed E-state index contributed by atoms with van der Waals surface area (Å²) < 4.78 is 0. The summed E-state index contributed by atoms with van der Waals surface area (Å²) in [6, 6.07) is 4.67. The van der Waals surface area contributed by atoms with E-state index in [4.69, 9.17) is 17.1 Å². The van der Waals surface area contributed by atoms with Gasteiger partial charge in [0.25, 0.3) is 0 Å². The summed E-state index contributed by atoms with van der Waals surface area (Å²) in [7, 11) is 0. The molecule has 1 aromatic rings. The lowest BCUT2D eigenvalue weighted by molar-refractivity contribution is 0.475. The van der Waals surface area contributed by atoms with Crippen LogP contribution in [0, 0.1) is 11.8 Å². The maximum absolute atomic E-state index is 9.22. The first-order valence-electron chi connectivity index (χ1n) is 3.72. The summed E-state index contributed by atoms with van der Waals surface area (Å²) >= 11 is 5.60. The third kappa shape index (κ3) is 2.91. The molecule has 0 bridgehead atoms. The number of phenols is 1. The number of aromatic hydroxyl groups is 1. The van der Waals surface area contributed by atoms with Gasteiger partial charge in [-0.1, -0.05) is 28.6 Å². The van der Waals surface area contributed by atoms with Crippen molar-refractivity contribution in [3.8, 4) is 17.6 Å². The molecule has 5 heteroatoms. The van der Waals surface area contributed by atoms with E-state index in [9.17, 15) is 5.11 Å². The van der Waals surface area contributed by atoms with Crippen LogP contribution in [0.5, 0.6) is 5.75 Å². The molecule has 0 unspecified atom stereocenters. The minimum atomic E-state index is -0.0118. The van der Waals surface area contributed by atoms with E-state index < -0.39 is 0 Å². The lowest BCUT2D eigenvalue weighted by Gasteiger charge is -1.95. The number of hydrogen-bond donors (Lipinski definition) is 1. The predicted molar refractivity (Wildman–Crippen MR) is 54.0 cm³/mol. The van der Waals surface area contributed by atoms with Crippen LogP contribution in [-0.4, -0.2) is 11.7 Å². The maximum Gasteiger partial charge on any atom is 0.135 e. The minimum absolute atomic E-state index is 0.0118. The molecule has 14 heavy (non-hydrogen) atoms. The van der Waals surface area contributed by atoms with Crippen molar-refractivity contribution < 1.29 is 5.11 Å². The Morgan fingerprint density at radius 3 is 3.00 bits per heavy atom. The van der Waals surface area contributed by atoms with E-state index in [0.717, 1.165) is 0 Å². The van der Waals surface area contributed by atoms with Crippen molar-refractivity contribution in [2.24, 2.45) is 5.11 Å². The van der Waals surface area contributed by atoms with Crippen LogP contribution in [0.1, 0.15) is 5.56 Å². The van der Waals surface area contributed by atoms with Gasteiger partial charge in [0.2, 0.25) is 0 Å². The Bertz CT molecular complexity index is 441. The predicted octanol–water partition coefficient (Wildman–Crippen LogP) is 2.71. The van der Waals surface area contributed by atoms with E-state index in [1.165, 1.54) is 6.07 Å². The standard InChI is InChI=1S/C9H6ClN3O/c10-8-4-3-7(6-9(8)14)2-1-5-12-13-11/h3-4,6,14H,5H2. The minimum Gasteiger partial charge on any atom is -0.506 e. The van der Waals surface area contributed by atoms with E-state index in [-0.39, 0.29) is 17.3 Å². The largest absolute Gasteiger partial charge is 0.506 e. The van der Waals surface area contributed by atoms with Crippen molar-refractivity contribution in [3.05, 3.63) is 39.2 Å². The fourth-order valence-corrected chi connectivity index (χ4v) is 0.917. The molecular formula is C9H6ClN3O. The van der Waals surface area contributed by atoms with Gasteiger partial charge in [-0.2, -0.15) is 0 Å². The Balaban J connectivity index is 2.80. The highest BCUT2D eigenvalue weighted by molar-refractivity contribution is 6.32. The summed E-state index contributed by atoms with van der Waals surface area (Å²) in [4.78, 5) is 2.55. The first kappa shape index (κ1) is 10.3. The van der Waals surface area contributed by atoms with Crippen molar-refractivity contribution >= 4 is 11.6 Å². The number of halogens is 1. The Hall–Kier alpha value is -1.82. The van der Waals surface area contributed by atoms with Crippen LogP contribution < -0.4 is 0 Å². The first-order chi connectivity index (χ1) is 6.74. The summed E-state index contributed by atoms with van der Waals surface area (Å²) in [5.41, 5.74) is 8.60. The molecule has 4 nitrogen and oxygen atoms in total. The van der Waals surface area contributed by atoms with E-state index in [2.05, 4.69) is 21.9 Å². The van der Waals surface area contributed by atoms with Crippen LogP contribution in [0.25, 0.3) is 10.4 Å². The maximum atomic E-state index is 9.22. The Kier molecular flexibility index (Phi) is 3.69. The summed E-state index contributed by atoms with van der Waals surface area (Å²) in [6.45, 7) is 0.111. The van der Waals surface area contributed by atoms with Crippen LogP contribution >= 0.6 is 11.6 Å². The number of nitrogens with zero attached hydrogens (tertiary/aromatic N) is 3. The molecule has 0 aliphatic heterocycles. The molecule has 0 aliphatic carbocycles. The zero-order chi connectivity index (χ0) is 10.4. The molecule has 1 N–H and O–H groups in total. The molecule has 0 aromatic heterocycles. The molecule has 0 spiro atoms. The quantitative estimate of drug-likeness (QED) is 0.327. The highest BCUT2D eigenvalue weighted by Crippen LogP contribution is 2.22. The Labute approximate surface area is 85.8 Å². The second-order valence-corrected chi connectivity index (χ2v) is 2.76. The number of rotatable bonds is 1. The van der Waals surface area contributed by atoms with Crippen LogP contribution in [0.2, 0.25) is 5.02 Å². The van der Waals surface area contributed by atoms with Gasteiger partial charge in [0, 0.05) is 10.5 Å². The number of hydrogen-bond acceptors (Lipinski definition) is 2. The van der Waals surface area contributed by atoms with Crippen LogP contribution in [0.4, 0.5) is 0 Å². The fraction of sp³-hybridized carbons (Fsp3) is 0.111. The monoisotopic (exact) mass is 207 g/mol. The molecule has 1 rings (SSSR count). The fourth-order valence-electron chi connectivity index (χ4n) is 0.799. The summed E-state index contributed by atoms with van der Waals surface area (Å²) in [6.07, 6.45) is 0. The molecule has 70 valence electrons. The van der Waals surface area contributed by atoms with Crippen molar-refractivity contribution in [1.29, 1.82) is 0 Å². The van der Waals surface area contributed by atoms with E-state index in [0.29, 0.717) is 5.56 Å². The Morgan fingerprint density at radius 2 is 2.36 bits per heavy atom. The van der Waals surface area contributed by atoms with E-state index in [1.54, 1.807) is 12.1 Å². The molecule has 0 heterocycles. The van der Waals surface area contributed by atoms with Crippen LogP contribution in [0.3, 0.4) is 0 Å². The van der Waals surface area contributed by atoms with E-state index in [1.807, 2.05) is 0 Å². The topological polar surface area (TPSA) is 69.0 Å². The second-order valence-electron chi connectivity index (χ2n) is 2.36. The first-order valence-corrected chi connectivity index (χ1v) is 4.10. The third-order valence-electron chi connectivity index (χ3n) is 1.39. The molecule has 1 aromatic carbocycles. The van der Waals surface area contributed by atoms with Gasteiger partial charge in [0.05, 0.1) is 11.6 Å². The van der Waals surface area contributed by atoms with Crippen molar-refractivity contribution in [3.63, 3.8) is 0 Å². The zero-order valence-corrected chi connectivity index (χ0v) is 7.86. The SMILES string of the molecule is [N-]=[N+]=NCC#Cc1ccc(Cl)c(O)c1. The molecular weight excluding hydrogens is 202 g/mol. The van der Waals surface area contributed by atoms with Crippen LogP contribution in [0.15, 0.2) is 23.3 Å². The highest BCUT2D eigenvalue weighted by Gasteiger charge is 1.96. The molecule has 0 saturated heterocycles. The van der Waals surface area contributed by atoms with Gasteiger partial charge in [-0.3, -0.25) is 0 Å². The molecule has 0 saturated carbocycles. The normalized spacial score (nSPS) is 8.36. The van der Waals surface area contributed by atoms with Gasteiger partial charge < -0.3 is 5.11 Å². The van der Waals surface area contributed by atoms with Crippen molar-refractivity contribution in [1.82, 2.24) is 0 Å². The Morgan fingerprint density at radius 1 is 1.57 bits per heavy atom. The summed E-state index contributed by atoms with van der Waals surface area (Å²) in [5, 5.41) is 12.7. The molecule has 0 radical (unpaired) electrons. The lowest BCUT2D eigenvalue weighted by atomic mass is 10.2. The third-order valence-corrected chi connectivity index (χ3v) is 1.71. The molecule has 0 fully saturated rings. The zero-order valence-electron chi connectivity index (χ0n) is 7.11.